The summed E-state index contributed by atoms with van der Waals surface area (Å²) in [5.74, 6) is 2.27. The van der Waals surface area contributed by atoms with Gasteiger partial charge in [-0.2, -0.15) is 0 Å². The van der Waals surface area contributed by atoms with Gasteiger partial charge in [0, 0.05) is 17.9 Å². The van der Waals surface area contributed by atoms with Crippen LogP contribution in [0.3, 0.4) is 0 Å². The van der Waals surface area contributed by atoms with Crippen LogP contribution in [0, 0.1) is 5.82 Å². The number of ether oxygens (including phenoxy) is 2. The standard InChI is InChI=1S/C22H22FN7O2S/c1-14(11-19-25-12-15(23)13-26-19)33-29-22-28-27-21(16-7-4-5-10-24-16)30(22)20-17(31-2)8-6-9-18(20)32-3/h4-10,12-14H,11H2,1-3H3,(H,28,29). The zero-order chi connectivity index (χ0) is 23.2. The van der Waals surface area contributed by atoms with Crippen molar-refractivity contribution in [3.05, 3.63) is 66.6 Å². The van der Waals surface area contributed by atoms with E-state index in [2.05, 4.69) is 29.9 Å². The number of halogens is 1. The zero-order valence-corrected chi connectivity index (χ0v) is 19.1. The maximum absolute atomic E-state index is 13.1. The number of rotatable bonds is 9. The molecule has 0 amide bonds. The number of hydrogen-bond donors (Lipinski definition) is 1. The van der Waals surface area contributed by atoms with Gasteiger partial charge in [-0.25, -0.2) is 14.4 Å². The van der Waals surface area contributed by atoms with Crippen LogP contribution in [0.5, 0.6) is 11.5 Å². The number of hydrogen-bond acceptors (Lipinski definition) is 9. The minimum Gasteiger partial charge on any atom is -0.494 e. The van der Waals surface area contributed by atoms with Crippen LogP contribution in [0.4, 0.5) is 10.3 Å². The molecule has 1 atom stereocenters. The minimum absolute atomic E-state index is 0.0541. The second kappa shape index (κ2) is 10.3. The maximum Gasteiger partial charge on any atom is 0.239 e. The average molecular weight is 468 g/mol. The van der Waals surface area contributed by atoms with Gasteiger partial charge in [0.15, 0.2) is 11.6 Å². The second-order valence-electron chi connectivity index (χ2n) is 6.96. The summed E-state index contributed by atoms with van der Waals surface area (Å²) in [5.41, 5.74) is 1.29. The third kappa shape index (κ3) is 5.03. The fourth-order valence-electron chi connectivity index (χ4n) is 3.17. The average Bonchev–Trinajstić information content (AvgIpc) is 3.27. The zero-order valence-electron chi connectivity index (χ0n) is 18.3. The van der Waals surface area contributed by atoms with Crippen molar-refractivity contribution in [3.8, 4) is 28.7 Å². The molecule has 0 bridgehead atoms. The quantitative estimate of drug-likeness (QED) is 0.367. The van der Waals surface area contributed by atoms with Gasteiger partial charge in [0.1, 0.15) is 28.7 Å². The number of para-hydroxylation sites is 1. The first-order chi connectivity index (χ1) is 16.1. The van der Waals surface area contributed by atoms with Crippen molar-refractivity contribution >= 4 is 17.9 Å². The largest absolute Gasteiger partial charge is 0.494 e. The molecule has 1 aromatic carbocycles. The number of methoxy groups -OCH3 is 2. The smallest absolute Gasteiger partial charge is 0.239 e. The van der Waals surface area contributed by atoms with Crippen LogP contribution in [0.15, 0.2) is 55.0 Å². The Morgan fingerprint density at radius 3 is 2.36 bits per heavy atom. The topological polar surface area (TPSA) is 99.9 Å². The van der Waals surface area contributed by atoms with E-state index in [4.69, 9.17) is 9.47 Å². The highest BCUT2D eigenvalue weighted by Gasteiger charge is 2.23. The molecule has 3 heterocycles. The van der Waals surface area contributed by atoms with Crippen molar-refractivity contribution in [2.45, 2.75) is 18.6 Å². The van der Waals surface area contributed by atoms with Crippen LogP contribution in [-0.2, 0) is 6.42 Å². The molecule has 0 aliphatic heterocycles. The predicted octanol–water partition coefficient (Wildman–Crippen LogP) is 3.97. The molecular formula is C22H22FN7O2S. The third-order valence-electron chi connectivity index (χ3n) is 4.68. The minimum atomic E-state index is -0.460. The van der Waals surface area contributed by atoms with E-state index in [1.807, 2.05) is 47.9 Å². The predicted molar refractivity (Wildman–Crippen MR) is 124 cm³/mol. The molecule has 9 nitrogen and oxygen atoms in total. The Hall–Kier alpha value is -3.73. The normalized spacial score (nSPS) is 11.8. The van der Waals surface area contributed by atoms with Crippen molar-refractivity contribution in [1.29, 1.82) is 0 Å². The monoisotopic (exact) mass is 467 g/mol. The third-order valence-corrected chi connectivity index (χ3v) is 5.55. The number of anilines is 1. The van der Waals surface area contributed by atoms with E-state index in [0.717, 1.165) is 12.4 Å². The number of benzene rings is 1. The summed E-state index contributed by atoms with van der Waals surface area (Å²) in [5, 5.41) is 8.80. The molecule has 0 radical (unpaired) electrons. The first-order valence-electron chi connectivity index (χ1n) is 10.1. The van der Waals surface area contributed by atoms with Gasteiger partial charge in [0.2, 0.25) is 5.95 Å². The molecule has 0 saturated carbocycles. The highest BCUT2D eigenvalue weighted by atomic mass is 32.2. The summed E-state index contributed by atoms with van der Waals surface area (Å²) in [6.45, 7) is 2.01. The summed E-state index contributed by atoms with van der Waals surface area (Å²) in [4.78, 5) is 12.5. The van der Waals surface area contributed by atoms with Crippen LogP contribution < -0.4 is 14.2 Å². The number of nitrogens with zero attached hydrogens (tertiary/aromatic N) is 6. The van der Waals surface area contributed by atoms with E-state index in [-0.39, 0.29) is 5.25 Å². The first kappa shape index (κ1) is 22.5. The van der Waals surface area contributed by atoms with Gasteiger partial charge in [0.25, 0.3) is 0 Å². The van der Waals surface area contributed by atoms with Crippen LogP contribution >= 0.6 is 11.9 Å². The van der Waals surface area contributed by atoms with Crippen LogP contribution in [-0.4, -0.2) is 49.2 Å². The summed E-state index contributed by atoms with van der Waals surface area (Å²) in [6, 6.07) is 11.1. The molecule has 4 aromatic rings. The van der Waals surface area contributed by atoms with Crippen LogP contribution in [0.2, 0.25) is 0 Å². The van der Waals surface area contributed by atoms with E-state index < -0.39 is 5.82 Å². The summed E-state index contributed by atoms with van der Waals surface area (Å²) < 4.78 is 29.4. The molecule has 3 aromatic heterocycles. The fourth-order valence-corrected chi connectivity index (χ4v) is 3.84. The molecule has 1 N–H and O–H groups in total. The lowest BCUT2D eigenvalue weighted by molar-refractivity contribution is 0.391. The molecule has 0 spiro atoms. The Balaban J connectivity index is 1.68. The number of aromatic nitrogens is 6. The Kier molecular flexibility index (Phi) is 6.98. The SMILES string of the molecule is COc1cccc(OC)c1-n1c(NSC(C)Cc2ncc(F)cn2)nnc1-c1ccccn1. The van der Waals surface area contributed by atoms with Crippen molar-refractivity contribution in [2.75, 3.05) is 18.9 Å². The van der Waals surface area contributed by atoms with Gasteiger partial charge in [-0.15, -0.1) is 10.2 Å². The summed E-state index contributed by atoms with van der Waals surface area (Å²) >= 11 is 1.42. The lowest BCUT2D eigenvalue weighted by Crippen LogP contribution is -2.11. The fraction of sp³-hybridized carbons (Fsp3) is 0.227. The number of pyridine rings is 1. The van der Waals surface area contributed by atoms with Crippen molar-refractivity contribution in [1.82, 2.24) is 29.7 Å². The first-order valence-corrected chi connectivity index (χ1v) is 10.9. The van der Waals surface area contributed by atoms with E-state index in [0.29, 0.717) is 46.9 Å². The summed E-state index contributed by atoms with van der Waals surface area (Å²) in [6.07, 6.45) is 4.56. The highest BCUT2D eigenvalue weighted by Crippen LogP contribution is 2.37. The Labute approximate surface area is 194 Å². The van der Waals surface area contributed by atoms with E-state index >= 15 is 0 Å². The molecule has 4 rings (SSSR count). The van der Waals surface area contributed by atoms with Gasteiger partial charge < -0.3 is 9.47 Å². The van der Waals surface area contributed by atoms with E-state index in [9.17, 15) is 4.39 Å². The van der Waals surface area contributed by atoms with Crippen LogP contribution in [0.1, 0.15) is 12.7 Å². The van der Waals surface area contributed by atoms with Gasteiger partial charge in [-0.05, 0) is 36.2 Å². The number of nitrogens with one attached hydrogen (secondary N) is 1. The highest BCUT2D eigenvalue weighted by molar-refractivity contribution is 8.01. The molecule has 33 heavy (non-hydrogen) atoms. The van der Waals surface area contributed by atoms with Crippen molar-refractivity contribution in [2.24, 2.45) is 0 Å². The van der Waals surface area contributed by atoms with Crippen molar-refractivity contribution < 1.29 is 13.9 Å². The van der Waals surface area contributed by atoms with Crippen LogP contribution in [0.25, 0.3) is 17.2 Å². The lowest BCUT2D eigenvalue weighted by Gasteiger charge is -2.18. The molecule has 170 valence electrons. The molecule has 0 fully saturated rings. The van der Waals surface area contributed by atoms with Gasteiger partial charge in [0.05, 0.1) is 26.6 Å². The molecule has 0 saturated heterocycles. The Bertz CT molecular complexity index is 1180. The summed E-state index contributed by atoms with van der Waals surface area (Å²) in [7, 11) is 3.19. The Morgan fingerprint density at radius 1 is 1.00 bits per heavy atom. The lowest BCUT2D eigenvalue weighted by atomic mass is 10.2. The van der Waals surface area contributed by atoms with E-state index in [1.165, 1.54) is 11.9 Å². The molecule has 0 aliphatic carbocycles. The van der Waals surface area contributed by atoms with E-state index in [1.54, 1.807) is 20.4 Å². The second-order valence-corrected chi connectivity index (χ2v) is 8.21. The molecule has 0 aliphatic rings. The Morgan fingerprint density at radius 2 is 1.73 bits per heavy atom. The molecule has 1 unspecified atom stereocenters. The maximum atomic E-state index is 13.1. The molecular weight excluding hydrogens is 445 g/mol. The van der Waals surface area contributed by atoms with Crippen molar-refractivity contribution in [3.63, 3.8) is 0 Å². The van der Waals surface area contributed by atoms with Gasteiger partial charge >= 0.3 is 0 Å². The van der Waals surface area contributed by atoms with Gasteiger partial charge in [-0.3, -0.25) is 14.3 Å². The van der Waals surface area contributed by atoms with Gasteiger partial charge in [-0.1, -0.05) is 19.1 Å². The molecule has 11 heteroatoms.